The number of aromatic amines is 1. The van der Waals surface area contributed by atoms with Crippen LogP contribution in [0.15, 0.2) is 4.90 Å². The fourth-order valence-electron chi connectivity index (χ4n) is 2.08. The summed E-state index contributed by atoms with van der Waals surface area (Å²) < 4.78 is 23.5. The number of H-pyrrole nitrogens is 1. The van der Waals surface area contributed by atoms with Crippen LogP contribution >= 0.6 is 10.7 Å². The van der Waals surface area contributed by atoms with E-state index in [0.29, 0.717) is 18.2 Å². The van der Waals surface area contributed by atoms with E-state index >= 15 is 0 Å². The van der Waals surface area contributed by atoms with Crippen molar-refractivity contribution < 1.29 is 13.2 Å². The smallest absolute Gasteiger partial charge is 0.275 e. The maximum absolute atomic E-state index is 12.3. The molecule has 112 valence electrons. The second kappa shape index (κ2) is 5.37. The van der Waals surface area contributed by atoms with Gasteiger partial charge in [0.2, 0.25) is 0 Å². The number of amides is 1. The Kier molecular flexibility index (Phi) is 4.11. The van der Waals surface area contributed by atoms with Gasteiger partial charge in [-0.25, -0.2) is 8.42 Å². The summed E-state index contributed by atoms with van der Waals surface area (Å²) in [5, 5.41) is 6.50. The predicted molar refractivity (Wildman–Crippen MR) is 75.4 cm³/mol. The van der Waals surface area contributed by atoms with Crippen LogP contribution < -0.4 is 0 Å². The summed E-state index contributed by atoms with van der Waals surface area (Å²) in [6, 6.07) is 0. The largest absolute Gasteiger partial charge is 0.340 e. The number of halogens is 1. The summed E-state index contributed by atoms with van der Waals surface area (Å²) >= 11 is 0. The summed E-state index contributed by atoms with van der Waals surface area (Å²) in [4.78, 5) is 13.6. The average Bonchev–Trinajstić information content (AvgIpc) is 3.01. The van der Waals surface area contributed by atoms with Gasteiger partial charge in [0.25, 0.3) is 15.0 Å². The van der Waals surface area contributed by atoms with Gasteiger partial charge >= 0.3 is 0 Å². The molecule has 2 rings (SSSR count). The summed E-state index contributed by atoms with van der Waals surface area (Å²) in [5.74, 6) is -0.0240. The molecule has 1 amide bonds. The molecule has 0 bridgehead atoms. The normalized spacial score (nSPS) is 15.7. The van der Waals surface area contributed by atoms with Crippen LogP contribution in [0.25, 0.3) is 0 Å². The van der Waals surface area contributed by atoms with Gasteiger partial charge in [0.15, 0.2) is 5.69 Å². The number of rotatable bonds is 5. The molecule has 1 aromatic heterocycles. The highest BCUT2D eigenvalue weighted by Gasteiger charge is 2.32. The fourth-order valence-corrected chi connectivity index (χ4v) is 3.46. The van der Waals surface area contributed by atoms with E-state index in [1.165, 1.54) is 4.90 Å². The van der Waals surface area contributed by atoms with Crippen molar-refractivity contribution in [2.45, 2.75) is 37.5 Å². The quantitative estimate of drug-likeness (QED) is 0.841. The number of hydrogen-bond acceptors (Lipinski definition) is 4. The van der Waals surface area contributed by atoms with Gasteiger partial charge in [-0.1, -0.05) is 13.8 Å². The van der Waals surface area contributed by atoms with Gasteiger partial charge in [0, 0.05) is 24.3 Å². The Balaban J connectivity index is 2.38. The van der Waals surface area contributed by atoms with Crippen molar-refractivity contribution >= 4 is 25.6 Å². The average molecular weight is 320 g/mol. The van der Waals surface area contributed by atoms with Crippen LogP contribution in [0.3, 0.4) is 0 Å². The van der Waals surface area contributed by atoms with Gasteiger partial charge in [0.05, 0.1) is 5.69 Å². The van der Waals surface area contributed by atoms with Crippen molar-refractivity contribution in [2.24, 2.45) is 5.92 Å². The van der Waals surface area contributed by atoms with E-state index in [9.17, 15) is 13.2 Å². The Morgan fingerprint density at radius 3 is 2.55 bits per heavy atom. The standard InChI is InChI=1S/C12H18ClN3O3S/c1-7(2)9-11(20(13,18)19)10(15-14-9)12(17)16(3)6-8-4-5-8/h7-8H,4-6H2,1-3H3,(H,14,15). The summed E-state index contributed by atoms with van der Waals surface area (Å²) in [6.07, 6.45) is 2.21. The third kappa shape index (κ3) is 3.15. The fraction of sp³-hybridized carbons (Fsp3) is 0.667. The molecule has 0 aromatic carbocycles. The second-order valence-electron chi connectivity index (χ2n) is 5.54. The minimum absolute atomic E-state index is 0.119. The first-order valence-electron chi connectivity index (χ1n) is 6.50. The third-order valence-corrected chi connectivity index (χ3v) is 4.71. The van der Waals surface area contributed by atoms with Crippen LogP contribution in [-0.2, 0) is 9.05 Å². The van der Waals surface area contributed by atoms with Crippen molar-refractivity contribution in [3.63, 3.8) is 0 Å². The monoisotopic (exact) mass is 319 g/mol. The predicted octanol–water partition coefficient (Wildman–Crippen LogP) is 1.94. The first kappa shape index (κ1) is 15.3. The number of nitrogens with zero attached hydrogens (tertiary/aromatic N) is 2. The molecule has 0 aliphatic heterocycles. The molecule has 6 nitrogen and oxygen atoms in total. The highest BCUT2D eigenvalue weighted by atomic mass is 35.7. The lowest BCUT2D eigenvalue weighted by atomic mass is 10.1. The zero-order chi connectivity index (χ0) is 15.1. The van der Waals surface area contributed by atoms with Crippen LogP contribution in [0, 0.1) is 5.92 Å². The Hall–Kier alpha value is -1.08. The van der Waals surface area contributed by atoms with Gasteiger partial charge in [-0.15, -0.1) is 0 Å². The second-order valence-corrected chi connectivity index (χ2v) is 8.04. The molecule has 0 saturated heterocycles. The van der Waals surface area contributed by atoms with Crippen LogP contribution in [0.1, 0.15) is 48.8 Å². The molecule has 1 aliphatic carbocycles. The number of hydrogen-bond donors (Lipinski definition) is 1. The molecule has 20 heavy (non-hydrogen) atoms. The van der Waals surface area contributed by atoms with Crippen LogP contribution in [-0.4, -0.2) is 43.0 Å². The highest BCUT2D eigenvalue weighted by molar-refractivity contribution is 8.13. The van der Waals surface area contributed by atoms with Gasteiger partial charge in [-0.05, 0) is 24.7 Å². The number of nitrogens with one attached hydrogen (secondary N) is 1. The van der Waals surface area contributed by atoms with E-state index in [0.717, 1.165) is 12.8 Å². The van der Waals surface area contributed by atoms with Crippen molar-refractivity contribution in [1.82, 2.24) is 15.1 Å². The van der Waals surface area contributed by atoms with Crippen molar-refractivity contribution in [1.29, 1.82) is 0 Å². The molecule has 1 heterocycles. The van der Waals surface area contributed by atoms with E-state index in [-0.39, 0.29) is 16.5 Å². The molecule has 1 N–H and O–H groups in total. The zero-order valence-corrected chi connectivity index (χ0v) is 13.3. The lowest BCUT2D eigenvalue weighted by molar-refractivity contribution is 0.0779. The van der Waals surface area contributed by atoms with E-state index < -0.39 is 15.0 Å². The van der Waals surface area contributed by atoms with Gasteiger partial charge in [0.1, 0.15) is 4.90 Å². The van der Waals surface area contributed by atoms with Crippen molar-refractivity contribution in [3.8, 4) is 0 Å². The van der Waals surface area contributed by atoms with E-state index in [2.05, 4.69) is 10.2 Å². The minimum Gasteiger partial charge on any atom is -0.340 e. The van der Waals surface area contributed by atoms with E-state index in [1.807, 2.05) is 0 Å². The molecule has 0 spiro atoms. The van der Waals surface area contributed by atoms with Crippen LogP contribution in [0.5, 0.6) is 0 Å². The molecule has 1 saturated carbocycles. The molecule has 8 heteroatoms. The molecule has 0 atom stereocenters. The lowest BCUT2D eigenvalue weighted by Gasteiger charge is -2.15. The first-order valence-corrected chi connectivity index (χ1v) is 8.81. The molecule has 1 fully saturated rings. The number of aromatic nitrogens is 2. The van der Waals surface area contributed by atoms with E-state index in [4.69, 9.17) is 10.7 Å². The number of carbonyl (C=O) groups is 1. The maximum Gasteiger partial charge on any atom is 0.275 e. The summed E-state index contributed by atoms with van der Waals surface area (Å²) in [6.45, 7) is 4.23. The SMILES string of the molecule is CC(C)c1[nH]nc(C(=O)N(C)CC2CC2)c1S(=O)(=O)Cl. The van der Waals surface area contributed by atoms with Crippen LogP contribution in [0.2, 0.25) is 0 Å². The Labute approximate surface area is 122 Å². The molecule has 0 unspecified atom stereocenters. The maximum atomic E-state index is 12.3. The molecular weight excluding hydrogens is 302 g/mol. The third-order valence-electron chi connectivity index (χ3n) is 3.35. The Bertz CT molecular complexity index is 620. The summed E-state index contributed by atoms with van der Waals surface area (Å²) in [5.41, 5.74) is 0.245. The number of carbonyl (C=O) groups excluding carboxylic acids is 1. The van der Waals surface area contributed by atoms with E-state index in [1.54, 1.807) is 20.9 Å². The Morgan fingerprint density at radius 2 is 2.10 bits per heavy atom. The van der Waals surface area contributed by atoms with Crippen molar-refractivity contribution in [3.05, 3.63) is 11.4 Å². The van der Waals surface area contributed by atoms with Gasteiger partial charge in [-0.2, -0.15) is 5.10 Å². The van der Waals surface area contributed by atoms with Crippen LogP contribution in [0.4, 0.5) is 0 Å². The van der Waals surface area contributed by atoms with Gasteiger partial charge in [-0.3, -0.25) is 9.89 Å². The summed E-state index contributed by atoms with van der Waals surface area (Å²) in [7, 11) is 3.08. The molecular formula is C12H18ClN3O3S. The molecule has 1 aliphatic rings. The lowest BCUT2D eigenvalue weighted by Crippen LogP contribution is -2.30. The first-order chi connectivity index (χ1) is 9.21. The molecule has 1 aromatic rings. The zero-order valence-electron chi connectivity index (χ0n) is 11.7. The molecule has 0 radical (unpaired) electrons. The van der Waals surface area contributed by atoms with Crippen molar-refractivity contribution in [2.75, 3.05) is 13.6 Å². The topological polar surface area (TPSA) is 83.1 Å². The highest BCUT2D eigenvalue weighted by Crippen LogP contribution is 2.31. The Morgan fingerprint density at radius 1 is 1.50 bits per heavy atom. The van der Waals surface area contributed by atoms with Gasteiger partial charge < -0.3 is 4.90 Å². The minimum atomic E-state index is -4.03.